The summed E-state index contributed by atoms with van der Waals surface area (Å²) in [5.74, 6) is 0.920. The van der Waals surface area contributed by atoms with Gasteiger partial charge in [0.2, 0.25) is 0 Å². The number of aryl methyl sites for hydroxylation is 2. The summed E-state index contributed by atoms with van der Waals surface area (Å²) < 4.78 is 17.6. The number of amides is 1. The number of hydrogen-bond acceptors (Lipinski definition) is 5. The number of hydrogen-bond donors (Lipinski definition) is 1. The average Bonchev–Trinajstić information content (AvgIpc) is 3.82. The zero-order valence-corrected chi connectivity index (χ0v) is 21.9. The van der Waals surface area contributed by atoms with E-state index in [0.717, 1.165) is 72.9 Å². The molecule has 6 nitrogen and oxygen atoms in total. The lowest BCUT2D eigenvalue weighted by molar-refractivity contribution is 0.0173. The third-order valence-electron chi connectivity index (χ3n) is 7.11. The molecular weight excluding hydrogens is 488 g/mol. The SMILES string of the molecule is Cc1cc(COC2(c3cnccc3-c3ccccc3OC3CC3)CC2)c(Cl)cc1CCCCOC(N)=O. The molecule has 194 valence electrons. The zero-order valence-electron chi connectivity index (χ0n) is 21.2. The summed E-state index contributed by atoms with van der Waals surface area (Å²) in [6, 6.07) is 14.5. The van der Waals surface area contributed by atoms with E-state index in [4.69, 9.17) is 31.5 Å². The largest absolute Gasteiger partial charge is 0.490 e. The zero-order chi connectivity index (χ0) is 25.8. The predicted molar refractivity (Wildman–Crippen MR) is 144 cm³/mol. The molecule has 0 spiro atoms. The quantitative estimate of drug-likeness (QED) is 0.263. The van der Waals surface area contributed by atoms with Crippen molar-refractivity contribution in [3.8, 4) is 16.9 Å². The van der Waals surface area contributed by atoms with Gasteiger partial charge >= 0.3 is 6.09 Å². The maximum absolute atomic E-state index is 10.7. The van der Waals surface area contributed by atoms with Crippen LogP contribution in [0.3, 0.4) is 0 Å². The van der Waals surface area contributed by atoms with Gasteiger partial charge in [0.15, 0.2) is 0 Å². The highest BCUT2D eigenvalue weighted by atomic mass is 35.5. The van der Waals surface area contributed by atoms with Crippen LogP contribution in [0.4, 0.5) is 4.79 Å². The fourth-order valence-electron chi connectivity index (χ4n) is 4.72. The molecule has 7 heteroatoms. The molecule has 2 aliphatic carbocycles. The standard InChI is InChI=1S/C30H33ClN2O4/c1-20-16-22(27(31)17-21(20)6-4-5-15-35-29(32)34)19-36-30(12-13-30)26-18-33-14-11-24(26)25-7-2-3-8-28(25)37-23-9-10-23/h2-3,7-8,11,14,16-18,23H,4-6,9-10,12-13,15,19H2,1H3,(H2,32,34). The molecule has 0 unspecified atom stereocenters. The van der Waals surface area contributed by atoms with Gasteiger partial charge in [0, 0.05) is 28.5 Å². The van der Waals surface area contributed by atoms with E-state index < -0.39 is 6.09 Å². The number of rotatable bonds is 12. The number of nitrogens with zero attached hydrogens (tertiary/aromatic N) is 1. The number of pyridine rings is 1. The minimum absolute atomic E-state index is 0.328. The second kappa shape index (κ2) is 11.1. The minimum Gasteiger partial charge on any atom is -0.490 e. The van der Waals surface area contributed by atoms with Gasteiger partial charge in [-0.2, -0.15) is 0 Å². The topological polar surface area (TPSA) is 83.7 Å². The Balaban J connectivity index is 1.28. The number of nitrogens with two attached hydrogens (primary N) is 1. The number of carbonyl (C=O) groups excluding carboxylic acids is 1. The van der Waals surface area contributed by atoms with Crippen LogP contribution in [0.5, 0.6) is 5.75 Å². The third-order valence-corrected chi connectivity index (χ3v) is 7.46. The van der Waals surface area contributed by atoms with Crippen molar-refractivity contribution in [2.45, 2.75) is 70.2 Å². The maximum Gasteiger partial charge on any atom is 0.404 e. The Hall–Kier alpha value is -3.09. The Morgan fingerprint density at radius 3 is 2.68 bits per heavy atom. The molecule has 2 aromatic carbocycles. The Labute approximate surface area is 223 Å². The van der Waals surface area contributed by atoms with E-state index in [9.17, 15) is 4.79 Å². The van der Waals surface area contributed by atoms with Gasteiger partial charge in [-0.3, -0.25) is 4.98 Å². The number of ether oxygens (including phenoxy) is 3. The van der Waals surface area contributed by atoms with Crippen LogP contribution in [0, 0.1) is 6.92 Å². The van der Waals surface area contributed by atoms with Crippen LogP contribution in [0.25, 0.3) is 11.1 Å². The van der Waals surface area contributed by atoms with Gasteiger partial charge in [-0.05, 0) is 92.3 Å². The van der Waals surface area contributed by atoms with Crippen LogP contribution in [-0.2, 0) is 28.1 Å². The van der Waals surface area contributed by atoms with Crippen LogP contribution in [-0.4, -0.2) is 23.8 Å². The lowest BCUT2D eigenvalue weighted by Gasteiger charge is -2.22. The molecule has 2 aliphatic rings. The summed E-state index contributed by atoms with van der Waals surface area (Å²) in [6.45, 7) is 2.86. The Kier molecular flexibility index (Phi) is 7.68. The van der Waals surface area contributed by atoms with Crippen LogP contribution >= 0.6 is 11.6 Å². The molecule has 2 saturated carbocycles. The summed E-state index contributed by atoms with van der Waals surface area (Å²) in [4.78, 5) is 15.2. The Bertz CT molecular complexity index is 1270. The molecule has 1 amide bonds. The summed E-state index contributed by atoms with van der Waals surface area (Å²) in [6.07, 6.45) is 10.0. The molecule has 0 aliphatic heterocycles. The van der Waals surface area contributed by atoms with Gasteiger partial charge in [-0.25, -0.2) is 4.79 Å². The number of unbranched alkanes of at least 4 members (excludes halogenated alkanes) is 1. The molecule has 37 heavy (non-hydrogen) atoms. The van der Waals surface area contributed by atoms with Crippen LogP contribution in [0.1, 0.15) is 60.8 Å². The van der Waals surface area contributed by atoms with E-state index in [2.05, 4.69) is 36.2 Å². The molecular formula is C30H33ClN2O4. The van der Waals surface area contributed by atoms with Gasteiger partial charge in [-0.1, -0.05) is 35.9 Å². The monoisotopic (exact) mass is 520 g/mol. The van der Waals surface area contributed by atoms with E-state index in [1.165, 1.54) is 11.1 Å². The van der Waals surface area contributed by atoms with Crippen molar-refractivity contribution in [2.24, 2.45) is 5.73 Å². The van der Waals surface area contributed by atoms with Gasteiger partial charge < -0.3 is 19.9 Å². The summed E-state index contributed by atoms with van der Waals surface area (Å²) in [5, 5.41) is 0.708. The normalized spacial score (nSPS) is 15.8. The first-order valence-corrected chi connectivity index (χ1v) is 13.4. The van der Waals surface area contributed by atoms with E-state index >= 15 is 0 Å². The van der Waals surface area contributed by atoms with Crippen LogP contribution < -0.4 is 10.5 Å². The molecule has 2 N–H and O–H groups in total. The maximum atomic E-state index is 10.7. The first-order chi connectivity index (χ1) is 17.9. The number of para-hydroxylation sites is 1. The van der Waals surface area contributed by atoms with Gasteiger partial charge in [0.25, 0.3) is 0 Å². The predicted octanol–water partition coefficient (Wildman–Crippen LogP) is 6.88. The van der Waals surface area contributed by atoms with E-state index in [0.29, 0.717) is 24.3 Å². The van der Waals surface area contributed by atoms with Crippen molar-refractivity contribution in [3.63, 3.8) is 0 Å². The summed E-state index contributed by atoms with van der Waals surface area (Å²) in [5.41, 5.74) is 11.3. The first-order valence-electron chi connectivity index (χ1n) is 13.0. The molecule has 0 radical (unpaired) electrons. The fourth-order valence-corrected chi connectivity index (χ4v) is 4.96. The van der Waals surface area contributed by atoms with E-state index in [1.54, 1.807) is 0 Å². The molecule has 0 bridgehead atoms. The molecule has 0 saturated heterocycles. The molecule has 3 aromatic rings. The minimum atomic E-state index is -0.730. The number of benzene rings is 2. The first kappa shape index (κ1) is 25.6. The highest BCUT2D eigenvalue weighted by molar-refractivity contribution is 6.31. The third kappa shape index (κ3) is 6.25. The Morgan fingerprint density at radius 2 is 1.92 bits per heavy atom. The number of carbonyl (C=O) groups is 1. The lowest BCUT2D eigenvalue weighted by atomic mass is 9.96. The highest BCUT2D eigenvalue weighted by Crippen LogP contribution is 2.53. The van der Waals surface area contributed by atoms with E-state index in [-0.39, 0.29) is 5.60 Å². The smallest absolute Gasteiger partial charge is 0.404 e. The van der Waals surface area contributed by atoms with Crippen molar-refractivity contribution in [3.05, 3.63) is 82.1 Å². The average molecular weight is 521 g/mol. The molecule has 1 heterocycles. The van der Waals surface area contributed by atoms with Gasteiger partial charge in [0.1, 0.15) is 5.75 Å². The van der Waals surface area contributed by atoms with Crippen molar-refractivity contribution in [2.75, 3.05) is 6.61 Å². The number of primary amides is 1. The Morgan fingerprint density at radius 1 is 1.11 bits per heavy atom. The van der Waals surface area contributed by atoms with Gasteiger partial charge in [0.05, 0.1) is 24.9 Å². The molecule has 0 atom stereocenters. The second-order valence-corrected chi connectivity index (χ2v) is 10.4. The second-order valence-electron chi connectivity index (χ2n) is 10.0. The van der Waals surface area contributed by atoms with Crippen LogP contribution in [0.15, 0.2) is 54.9 Å². The summed E-state index contributed by atoms with van der Waals surface area (Å²) >= 11 is 6.69. The number of halogens is 1. The van der Waals surface area contributed by atoms with Crippen molar-refractivity contribution >= 4 is 17.7 Å². The van der Waals surface area contributed by atoms with Crippen molar-refractivity contribution in [1.29, 1.82) is 0 Å². The number of aromatic nitrogens is 1. The van der Waals surface area contributed by atoms with E-state index in [1.807, 2.05) is 30.6 Å². The molecule has 5 rings (SSSR count). The summed E-state index contributed by atoms with van der Waals surface area (Å²) in [7, 11) is 0. The molecule has 2 fully saturated rings. The van der Waals surface area contributed by atoms with Crippen molar-refractivity contribution < 1.29 is 19.0 Å². The lowest BCUT2D eigenvalue weighted by Crippen LogP contribution is -2.14. The van der Waals surface area contributed by atoms with Gasteiger partial charge in [-0.15, -0.1) is 0 Å². The molecule has 1 aromatic heterocycles. The van der Waals surface area contributed by atoms with Crippen LogP contribution in [0.2, 0.25) is 5.02 Å². The fraction of sp³-hybridized carbons (Fsp3) is 0.400. The van der Waals surface area contributed by atoms with Crippen molar-refractivity contribution in [1.82, 2.24) is 4.98 Å². The highest BCUT2D eigenvalue weighted by Gasteiger charge is 2.47.